The van der Waals surface area contributed by atoms with E-state index in [-0.39, 0.29) is 0 Å². The Kier molecular flexibility index (Phi) is 4.80. The quantitative estimate of drug-likeness (QED) is 0.744. The minimum Gasteiger partial charge on any atom is -0.413 e. The highest BCUT2D eigenvalue weighted by molar-refractivity contribution is 6.97. The van der Waals surface area contributed by atoms with Gasteiger partial charge in [-0.15, -0.1) is 19.7 Å². The monoisotopic (exact) mass is 332 g/mol. The van der Waals surface area contributed by atoms with Gasteiger partial charge in [-0.2, -0.15) is 0 Å². The van der Waals surface area contributed by atoms with Gasteiger partial charge < -0.3 is 16.5 Å². The normalized spacial score (nSPS) is 42.8. The van der Waals surface area contributed by atoms with Crippen LogP contribution in [0.4, 0.5) is 0 Å². The van der Waals surface area contributed by atoms with Gasteiger partial charge in [-0.3, -0.25) is 0 Å². The first kappa shape index (κ1) is 17.0. The largest absolute Gasteiger partial charge is 0.413 e. The van der Waals surface area contributed by atoms with Crippen molar-refractivity contribution >= 4 is 34.2 Å². The molecular formula is C11H24O4Si4. The van der Waals surface area contributed by atoms with Gasteiger partial charge in [-0.25, -0.2) is 0 Å². The molecule has 4 nitrogen and oxygen atoms in total. The van der Waals surface area contributed by atoms with E-state index in [4.69, 9.17) is 16.5 Å². The van der Waals surface area contributed by atoms with Gasteiger partial charge >= 0.3 is 34.2 Å². The van der Waals surface area contributed by atoms with E-state index < -0.39 is 34.2 Å². The van der Waals surface area contributed by atoms with Gasteiger partial charge in [0.15, 0.2) is 0 Å². The van der Waals surface area contributed by atoms with Crippen LogP contribution in [-0.2, 0) is 16.5 Å². The first-order valence-corrected chi connectivity index (χ1v) is 16.2. The molecule has 0 aromatic rings. The van der Waals surface area contributed by atoms with E-state index in [1.165, 1.54) is 0 Å². The Morgan fingerprint density at radius 3 is 1.11 bits per heavy atom. The molecule has 1 fully saturated rings. The van der Waals surface area contributed by atoms with Gasteiger partial charge in [-0.05, 0) is 32.7 Å². The predicted molar refractivity (Wildman–Crippen MR) is 87.3 cm³/mol. The second-order valence-electron chi connectivity index (χ2n) is 5.47. The molecule has 19 heavy (non-hydrogen) atoms. The zero-order chi connectivity index (χ0) is 14.9. The van der Waals surface area contributed by atoms with Gasteiger partial charge in [0.25, 0.3) is 0 Å². The molecule has 1 heterocycles. The van der Waals surface area contributed by atoms with Crippen LogP contribution in [0.5, 0.6) is 0 Å². The van der Waals surface area contributed by atoms with E-state index in [1.54, 1.807) is 17.1 Å². The molecule has 0 aromatic heterocycles. The summed E-state index contributed by atoms with van der Waals surface area (Å²) >= 11 is 0. The third kappa shape index (κ3) is 4.19. The van der Waals surface area contributed by atoms with Crippen LogP contribution in [0.3, 0.4) is 0 Å². The highest BCUT2D eigenvalue weighted by atomic mass is 28.5. The third-order valence-corrected chi connectivity index (χ3v) is 18.7. The van der Waals surface area contributed by atoms with Crippen LogP contribution in [0.15, 0.2) is 36.8 Å². The first-order chi connectivity index (χ1) is 8.51. The van der Waals surface area contributed by atoms with Crippen LogP contribution >= 0.6 is 0 Å². The van der Waals surface area contributed by atoms with Gasteiger partial charge in [0.2, 0.25) is 0 Å². The van der Waals surface area contributed by atoms with Crippen molar-refractivity contribution in [3.05, 3.63) is 36.8 Å². The highest BCUT2D eigenvalue weighted by Crippen LogP contribution is 2.31. The molecular weight excluding hydrogens is 308 g/mol. The zero-order valence-corrected chi connectivity index (χ0v) is 16.5. The number of hydrogen-bond acceptors (Lipinski definition) is 4. The van der Waals surface area contributed by atoms with Gasteiger partial charge in [0.1, 0.15) is 0 Å². The van der Waals surface area contributed by atoms with Crippen molar-refractivity contribution in [1.82, 2.24) is 0 Å². The zero-order valence-electron chi connectivity index (χ0n) is 12.5. The summed E-state index contributed by atoms with van der Waals surface area (Å²) in [5, 5.41) is 0. The van der Waals surface area contributed by atoms with Gasteiger partial charge in [-0.1, -0.05) is 17.1 Å². The van der Waals surface area contributed by atoms with Crippen LogP contribution in [0.1, 0.15) is 0 Å². The van der Waals surface area contributed by atoms with E-state index in [9.17, 15) is 0 Å². The van der Waals surface area contributed by atoms with Gasteiger partial charge in [0, 0.05) is 0 Å². The van der Waals surface area contributed by atoms with Crippen LogP contribution in [-0.4, -0.2) is 34.2 Å². The topological polar surface area (TPSA) is 36.9 Å². The second-order valence-corrected chi connectivity index (χ2v) is 18.9. The third-order valence-electron chi connectivity index (χ3n) is 2.82. The second kappa shape index (κ2) is 5.37. The Morgan fingerprint density at radius 2 is 0.842 bits per heavy atom. The molecule has 0 bridgehead atoms. The predicted octanol–water partition coefficient (Wildman–Crippen LogP) is 3.16. The molecule has 108 valence electrons. The molecule has 1 saturated heterocycles. The van der Waals surface area contributed by atoms with Crippen molar-refractivity contribution in [2.75, 3.05) is 0 Å². The van der Waals surface area contributed by atoms with Crippen LogP contribution in [0, 0.1) is 0 Å². The summed E-state index contributed by atoms with van der Waals surface area (Å²) in [5.74, 6) is 0. The molecule has 1 aliphatic rings. The van der Waals surface area contributed by atoms with Crippen molar-refractivity contribution < 1.29 is 16.5 Å². The Balaban J connectivity index is 3.23. The van der Waals surface area contributed by atoms with Crippen molar-refractivity contribution in [1.29, 1.82) is 0 Å². The maximum absolute atomic E-state index is 6.24. The Hall–Kier alpha value is -0.0725. The summed E-state index contributed by atoms with van der Waals surface area (Å²) < 4.78 is 24.9. The summed E-state index contributed by atoms with van der Waals surface area (Å²) in [5.41, 5.74) is 5.33. The molecule has 2 atom stereocenters. The molecule has 0 aromatic carbocycles. The van der Waals surface area contributed by atoms with Crippen molar-refractivity contribution in [2.45, 2.75) is 32.7 Å². The summed E-state index contributed by atoms with van der Waals surface area (Å²) in [6.45, 7) is 21.4. The molecule has 1 aliphatic heterocycles. The Morgan fingerprint density at radius 1 is 0.579 bits per heavy atom. The van der Waals surface area contributed by atoms with Crippen LogP contribution in [0.25, 0.3) is 0 Å². The number of hydrogen-bond donors (Lipinski definition) is 0. The molecule has 0 radical (unpaired) electrons. The molecule has 2 unspecified atom stereocenters. The van der Waals surface area contributed by atoms with Crippen LogP contribution in [0.2, 0.25) is 32.7 Å². The Labute approximate surface area is 120 Å². The molecule has 0 aliphatic carbocycles. The molecule has 0 amide bonds. The van der Waals surface area contributed by atoms with E-state index in [0.29, 0.717) is 0 Å². The maximum Gasteiger partial charge on any atom is 0.344 e. The summed E-state index contributed by atoms with van der Waals surface area (Å²) in [4.78, 5) is 0. The molecule has 0 spiro atoms. The minimum absolute atomic E-state index is 1.77. The molecule has 1 rings (SSSR count). The Bertz CT molecular complexity index is 372. The summed E-state index contributed by atoms with van der Waals surface area (Å²) in [7, 11) is -9.91. The summed E-state index contributed by atoms with van der Waals surface area (Å²) in [6.07, 6.45) is 0. The SMILES string of the molecule is C=C[Si]1(C)O[Si](C)(C)O[Si](C)(C=C)O[Si](C)(C=C)O1. The standard InChI is InChI=1S/C11H24O4Si4/c1-9-17(6)12-16(4,5)13-18(7,10-2)15-19(8,11-3)14-17/h9-11H,1-3H2,4-8H3. The van der Waals surface area contributed by atoms with E-state index in [1.807, 2.05) is 32.7 Å². The average molecular weight is 333 g/mol. The lowest BCUT2D eigenvalue weighted by Crippen LogP contribution is -2.65. The fourth-order valence-electron chi connectivity index (χ4n) is 2.11. The molecule has 0 saturated carbocycles. The first-order valence-electron chi connectivity index (χ1n) is 6.22. The summed E-state index contributed by atoms with van der Waals surface area (Å²) in [6, 6.07) is 0. The fraction of sp³-hybridized carbons (Fsp3) is 0.455. The highest BCUT2D eigenvalue weighted by Gasteiger charge is 2.53. The molecule has 0 N–H and O–H groups in total. The average Bonchev–Trinajstić information content (AvgIpc) is 2.25. The van der Waals surface area contributed by atoms with E-state index in [0.717, 1.165) is 0 Å². The lowest BCUT2D eigenvalue weighted by atomic mass is 11.3. The molecule has 8 heteroatoms. The maximum atomic E-state index is 6.24. The minimum atomic E-state index is -2.55. The van der Waals surface area contributed by atoms with Crippen molar-refractivity contribution in [3.8, 4) is 0 Å². The van der Waals surface area contributed by atoms with Crippen molar-refractivity contribution in [3.63, 3.8) is 0 Å². The lowest BCUT2D eigenvalue weighted by Gasteiger charge is -2.46. The van der Waals surface area contributed by atoms with Crippen LogP contribution < -0.4 is 0 Å². The van der Waals surface area contributed by atoms with Crippen molar-refractivity contribution in [2.24, 2.45) is 0 Å². The number of rotatable bonds is 3. The smallest absolute Gasteiger partial charge is 0.344 e. The van der Waals surface area contributed by atoms with E-state index >= 15 is 0 Å². The van der Waals surface area contributed by atoms with E-state index in [2.05, 4.69) is 19.7 Å². The van der Waals surface area contributed by atoms with Gasteiger partial charge in [0.05, 0.1) is 0 Å². The lowest BCUT2D eigenvalue weighted by molar-refractivity contribution is 0.247. The fourth-order valence-corrected chi connectivity index (χ4v) is 20.5.